The maximum atomic E-state index is 8.80. The molecule has 2 rings (SSSR count). The summed E-state index contributed by atoms with van der Waals surface area (Å²) in [7, 11) is 0. The average Bonchev–Trinajstić information content (AvgIpc) is 3.11. The fourth-order valence-corrected chi connectivity index (χ4v) is 3.13. The van der Waals surface area contributed by atoms with Crippen LogP contribution in [-0.4, -0.2) is 12.4 Å². The number of anilines is 1. The summed E-state index contributed by atoms with van der Waals surface area (Å²) in [5.41, 5.74) is 7.00. The summed E-state index contributed by atoms with van der Waals surface area (Å²) in [6, 6.07) is 8.06. The lowest BCUT2D eigenvalue weighted by molar-refractivity contribution is 0.339. The third-order valence-electron chi connectivity index (χ3n) is 3.24. The molecule has 0 amide bonds. The highest BCUT2D eigenvalue weighted by molar-refractivity contribution is 7.99. The van der Waals surface area contributed by atoms with Gasteiger partial charge in [0.1, 0.15) is 5.75 Å². The number of hydrogen-bond acceptors (Lipinski definition) is 4. The summed E-state index contributed by atoms with van der Waals surface area (Å²) in [6.07, 6.45) is 2.99. The molecule has 1 aromatic carbocycles. The van der Waals surface area contributed by atoms with Gasteiger partial charge in [-0.05, 0) is 43.4 Å². The van der Waals surface area contributed by atoms with E-state index in [0.717, 1.165) is 22.1 Å². The molecule has 0 heterocycles. The second-order valence-corrected chi connectivity index (χ2v) is 5.77. The van der Waals surface area contributed by atoms with E-state index in [-0.39, 0.29) is 5.41 Å². The van der Waals surface area contributed by atoms with Gasteiger partial charge in [0.05, 0.1) is 12.7 Å². The summed E-state index contributed by atoms with van der Waals surface area (Å²) in [4.78, 5) is 1.06. The van der Waals surface area contributed by atoms with Gasteiger partial charge in [0.25, 0.3) is 0 Å². The molecule has 2 N–H and O–H groups in total. The van der Waals surface area contributed by atoms with Gasteiger partial charge in [-0.3, -0.25) is 0 Å². The van der Waals surface area contributed by atoms with E-state index in [2.05, 4.69) is 6.07 Å². The van der Waals surface area contributed by atoms with Gasteiger partial charge in [-0.2, -0.15) is 5.26 Å². The lowest BCUT2D eigenvalue weighted by atomic mass is 10.1. The van der Waals surface area contributed by atoms with Gasteiger partial charge in [-0.25, -0.2) is 0 Å². The van der Waals surface area contributed by atoms with Crippen molar-refractivity contribution >= 4 is 17.4 Å². The van der Waals surface area contributed by atoms with Gasteiger partial charge in [-0.1, -0.05) is 0 Å². The Hall–Kier alpha value is -1.34. The minimum atomic E-state index is 0.244. The van der Waals surface area contributed by atoms with E-state index in [1.807, 2.05) is 25.1 Å². The molecule has 0 aromatic heterocycles. The van der Waals surface area contributed by atoms with E-state index < -0.39 is 0 Å². The zero-order valence-corrected chi connectivity index (χ0v) is 11.4. The molecule has 3 nitrogen and oxygen atoms in total. The summed E-state index contributed by atoms with van der Waals surface area (Å²) in [5, 5.41) is 8.80. The minimum absolute atomic E-state index is 0.244. The number of thioether (sulfide) groups is 1. The van der Waals surface area contributed by atoms with Crippen molar-refractivity contribution in [2.75, 3.05) is 18.1 Å². The van der Waals surface area contributed by atoms with Gasteiger partial charge in [0.15, 0.2) is 0 Å². The molecule has 0 aliphatic heterocycles. The molecule has 1 fully saturated rings. The zero-order chi connectivity index (χ0) is 13.0. The Bertz CT molecular complexity index is 463. The molecule has 1 aromatic rings. The molecule has 1 saturated carbocycles. The van der Waals surface area contributed by atoms with E-state index in [1.54, 1.807) is 11.8 Å². The van der Waals surface area contributed by atoms with E-state index in [4.69, 9.17) is 15.7 Å². The van der Waals surface area contributed by atoms with Gasteiger partial charge in [-0.15, -0.1) is 11.8 Å². The summed E-state index contributed by atoms with van der Waals surface area (Å²) in [5.74, 6) is 1.83. The van der Waals surface area contributed by atoms with Crippen LogP contribution in [0.15, 0.2) is 23.1 Å². The number of nitriles is 1. The van der Waals surface area contributed by atoms with Gasteiger partial charge in [0, 0.05) is 22.8 Å². The summed E-state index contributed by atoms with van der Waals surface area (Å²) >= 11 is 1.74. The van der Waals surface area contributed by atoms with Crippen LogP contribution in [0, 0.1) is 16.7 Å². The smallest absolute Gasteiger partial charge is 0.120 e. The van der Waals surface area contributed by atoms with Crippen LogP contribution < -0.4 is 10.5 Å². The molecule has 0 bridgehead atoms. The topological polar surface area (TPSA) is 59.0 Å². The predicted molar refractivity (Wildman–Crippen MR) is 74.6 cm³/mol. The van der Waals surface area contributed by atoms with Gasteiger partial charge >= 0.3 is 0 Å². The third-order valence-corrected chi connectivity index (χ3v) is 4.66. The molecule has 0 saturated heterocycles. The van der Waals surface area contributed by atoms with Crippen LogP contribution >= 0.6 is 11.8 Å². The van der Waals surface area contributed by atoms with Crippen LogP contribution in [0.4, 0.5) is 5.69 Å². The van der Waals surface area contributed by atoms with E-state index >= 15 is 0 Å². The quantitative estimate of drug-likeness (QED) is 0.630. The molecule has 0 spiro atoms. The number of rotatable bonds is 6. The van der Waals surface area contributed by atoms with Crippen LogP contribution in [-0.2, 0) is 0 Å². The van der Waals surface area contributed by atoms with Gasteiger partial charge < -0.3 is 10.5 Å². The minimum Gasteiger partial charge on any atom is -0.494 e. The van der Waals surface area contributed by atoms with Gasteiger partial charge in [0.2, 0.25) is 0 Å². The Labute approximate surface area is 112 Å². The van der Waals surface area contributed by atoms with Crippen molar-refractivity contribution in [2.45, 2.75) is 31.1 Å². The first kappa shape index (κ1) is 13.1. The normalized spacial score (nSPS) is 16.0. The van der Waals surface area contributed by atoms with Crippen molar-refractivity contribution in [3.05, 3.63) is 18.2 Å². The first-order chi connectivity index (χ1) is 8.69. The fraction of sp³-hybridized carbons (Fsp3) is 0.500. The zero-order valence-electron chi connectivity index (χ0n) is 10.6. The standard InChI is InChI=1S/C14H18N2OS/c1-2-17-11-3-4-12(16)13(9-11)18-10-14(5-6-14)7-8-15/h3-4,9H,2,5-7,10,16H2,1H3. The van der Waals surface area contributed by atoms with Crippen molar-refractivity contribution in [2.24, 2.45) is 5.41 Å². The van der Waals surface area contributed by atoms with Crippen LogP contribution in [0.3, 0.4) is 0 Å². The Morgan fingerprint density at radius 3 is 2.89 bits per heavy atom. The molecule has 1 aliphatic carbocycles. The first-order valence-electron chi connectivity index (χ1n) is 6.21. The number of nitrogens with two attached hydrogens (primary N) is 1. The molecule has 0 radical (unpaired) electrons. The van der Waals surface area contributed by atoms with Crippen molar-refractivity contribution in [3.63, 3.8) is 0 Å². The fourth-order valence-electron chi connectivity index (χ4n) is 1.84. The van der Waals surface area contributed by atoms with Crippen LogP contribution in [0.2, 0.25) is 0 Å². The van der Waals surface area contributed by atoms with Crippen molar-refractivity contribution < 1.29 is 4.74 Å². The number of nitrogen functional groups attached to an aromatic ring is 1. The molecular formula is C14H18N2OS. The lowest BCUT2D eigenvalue weighted by Gasteiger charge is -2.13. The third kappa shape index (κ3) is 3.11. The molecule has 0 unspecified atom stereocenters. The summed E-state index contributed by atoms with van der Waals surface area (Å²) in [6.45, 7) is 2.63. The predicted octanol–water partition coefficient (Wildman–Crippen LogP) is 3.45. The van der Waals surface area contributed by atoms with Crippen molar-refractivity contribution in [1.82, 2.24) is 0 Å². The number of nitrogens with zero attached hydrogens (tertiary/aromatic N) is 1. The largest absolute Gasteiger partial charge is 0.494 e. The number of ether oxygens (including phenoxy) is 1. The average molecular weight is 262 g/mol. The van der Waals surface area contributed by atoms with Crippen LogP contribution in [0.25, 0.3) is 0 Å². The Morgan fingerprint density at radius 1 is 1.50 bits per heavy atom. The molecular weight excluding hydrogens is 244 g/mol. The molecule has 0 atom stereocenters. The maximum absolute atomic E-state index is 8.80. The molecule has 18 heavy (non-hydrogen) atoms. The highest BCUT2D eigenvalue weighted by atomic mass is 32.2. The van der Waals surface area contributed by atoms with Crippen molar-refractivity contribution in [3.8, 4) is 11.8 Å². The first-order valence-corrected chi connectivity index (χ1v) is 7.20. The Kier molecular flexibility index (Phi) is 4.03. The summed E-state index contributed by atoms with van der Waals surface area (Å²) < 4.78 is 5.48. The molecule has 4 heteroatoms. The second-order valence-electron chi connectivity index (χ2n) is 4.76. The van der Waals surface area contributed by atoms with Crippen LogP contribution in [0.1, 0.15) is 26.2 Å². The lowest BCUT2D eigenvalue weighted by Crippen LogP contribution is -2.03. The van der Waals surface area contributed by atoms with Crippen molar-refractivity contribution in [1.29, 1.82) is 5.26 Å². The second kappa shape index (κ2) is 5.53. The van der Waals surface area contributed by atoms with Crippen LogP contribution in [0.5, 0.6) is 5.75 Å². The highest BCUT2D eigenvalue weighted by Gasteiger charge is 2.42. The van der Waals surface area contributed by atoms with E-state index in [0.29, 0.717) is 13.0 Å². The van der Waals surface area contributed by atoms with E-state index in [1.165, 1.54) is 12.8 Å². The Morgan fingerprint density at radius 2 is 2.28 bits per heavy atom. The maximum Gasteiger partial charge on any atom is 0.120 e. The molecule has 1 aliphatic rings. The van der Waals surface area contributed by atoms with E-state index in [9.17, 15) is 0 Å². The number of benzene rings is 1. The molecule has 96 valence electrons. The monoisotopic (exact) mass is 262 g/mol. The highest BCUT2D eigenvalue weighted by Crippen LogP contribution is 2.52. The SMILES string of the molecule is CCOc1ccc(N)c(SCC2(CC#N)CC2)c1. The Balaban J connectivity index is 2.00. The number of hydrogen-bond donors (Lipinski definition) is 1.